The molecule has 0 saturated heterocycles. The van der Waals surface area contributed by atoms with Crippen LogP contribution in [0.4, 0.5) is 14.9 Å². The fourth-order valence-electron chi connectivity index (χ4n) is 3.53. The molecule has 6 nitrogen and oxygen atoms in total. The number of fused-ring (bicyclic) bond motifs is 1. The second-order valence-electron chi connectivity index (χ2n) is 7.08. The zero-order valence-corrected chi connectivity index (χ0v) is 16.3. The van der Waals surface area contributed by atoms with Crippen LogP contribution in [0.25, 0.3) is 0 Å². The zero-order chi connectivity index (χ0) is 20.2. The maximum Gasteiger partial charge on any atom is 0.322 e. The summed E-state index contributed by atoms with van der Waals surface area (Å²) in [7, 11) is 1.92. The number of nitrogens with one attached hydrogen (secondary N) is 1. The van der Waals surface area contributed by atoms with Crippen LogP contribution < -0.4 is 5.32 Å². The lowest BCUT2D eigenvalue weighted by Gasteiger charge is -2.28. The number of hydrogen-bond donors (Lipinski definition) is 1. The molecule has 1 N–H and O–H groups in total. The molecule has 29 heavy (non-hydrogen) atoms. The van der Waals surface area contributed by atoms with Crippen LogP contribution in [-0.2, 0) is 38.0 Å². The van der Waals surface area contributed by atoms with Crippen molar-refractivity contribution < 1.29 is 13.9 Å². The summed E-state index contributed by atoms with van der Waals surface area (Å²) in [6.45, 7) is 1.98. The van der Waals surface area contributed by atoms with E-state index in [9.17, 15) is 9.18 Å². The number of anilines is 1. The maximum atomic E-state index is 13.1. The first kappa shape index (κ1) is 19.1. The second kappa shape index (κ2) is 8.45. The van der Waals surface area contributed by atoms with Crippen molar-refractivity contribution in [1.82, 2.24) is 14.7 Å². The molecule has 1 aliphatic heterocycles. The van der Waals surface area contributed by atoms with Gasteiger partial charge in [0.25, 0.3) is 0 Å². The van der Waals surface area contributed by atoms with Gasteiger partial charge in [-0.1, -0.05) is 30.3 Å². The van der Waals surface area contributed by atoms with Crippen molar-refractivity contribution in [2.45, 2.75) is 26.2 Å². The highest BCUT2D eigenvalue weighted by molar-refractivity contribution is 5.89. The molecule has 0 aliphatic carbocycles. The summed E-state index contributed by atoms with van der Waals surface area (Å²) in [4.78, 5) is 14.4. The number of carbonyl (C=O) groups excluding carboxylic acids is 1. The van der Waals surface area contributed by atoms with E-state index >= 15 is 0 Å². The van der Waals surface area contributed by atoms with Crippen molar-refractivity contribution in [3.63, 3.8) is 0 Å². The minimum Gasteiger partial charge on any atom is -0.370 e. The molecule has 0 radical (unpaired) electrons. The van der Waals surface area contributed by atoms with E-state index in [1.54, 1.807) is 17.0 Å². The number of hydrogen-bond acceptors (Lipinski definition) is 3. The van der Waals surface area contributed by atoms with E-state index in [0.29, 0.717) is 32.0 Å². The lowest BCUT2D eigenvalue weighted by atomic mass is 10.1. The number of halogens is 1. The molecule has 2 amide bonds. The van der Waals surface area contributed by atoms with Gasteiger partial charge in [-0.05, 0) is 29.8 Å². The number of carbonyl (C=O) groups is 1. The molecule has 0 unspecified atom stereocenters. The van der Waals surface area contributed by atoms with Gasteiger partial charge in [0.05, 0.1) is 25.5 Å². The van der Waals surface area contributed by atoms with E-state index in [1.807, 2.05) is 42.1 Å². The molecule has 0 fully saturated rings. The molecule has 4 rings (SSSR count). The summed E-state index contributed by atoms with van der Waals surface area (Å²) >= 11 is 0. The van der Waals surface area contributed by atoms with Gasteiger partial charge in [0.15, 0.2) is 0 Å². The Bertz CT molecular complexity index is 986. The number of nitrogens with zero attached hydrogens (tertiary/aromatic N) is 3. The Morgan fingerprint density at radius 2 is 1.90 bits per heavy atom. The normalized spacial score (nSPS) is 13.2. The lowest BCUT2D eigenvalue weighted by molar-refractivity contribution is 0.103. The van der Waals surface area contributed by atoms with Gasteiger partial charge in [-0.15, -0.1) is 0 Å². The van der Waals surface area contributed by atoms with Crippen LogP contribution >= 0.6 is 0 Å². The van der Waals surface area contributed by atoms with E-state index in [0.717, 1.165) is 28.9 Å². The highest BCUT2D eigenvalue weighted by atomic mass is 19.1. The molecular formula is C22H23FN4O2. The van der Waals surface area contributed by atoms with Crippen LogP contribution in [0.1, 0.15) is 22.5 Å². The van der Waals surface area contributed by atoms with Gasteiger partial charge in [0.2, 0.25) is 0 Å². The summed E-state index contributed by atoms with van der Waals surface area (Å²) in [6, 6.07) is 15.5. The van der Waals surface area contributed by atoms with Gasteiger partial charge in [-0.25, -0.2) is 9.18 Å². The third kappa shape index (κ3) is 4.46. The molecule has 150 valence electrons. The Labute approximate surface area is 168 Å². The Balaban J connectivity index is 1.41. The number of rotatable bonds is 5. The first-order valence-corrected chi connectivity index (χ1v) is 9.57. The van der Waals surface area contributed by atoms with Crippen molar-refractivity contribution >= 4 is 11.7 Å². The number of amides is 2. The van der Waals surface area contributed by atoms with Crippen LogP contribution in [0, 0.1) is 5.82 Å². The van der Waals surface area contributed by atoms with Gasteiger partial charge in [0, 0.05) is 37.0 Å². The van der Waals surface area contributed by atoms with Crippen LogP contribution in [0.5, 0.6) is 0 Å². The molecule has 0 bridgehead atoms. The van der Waals surface area contributed by atoms with Crippen LogP contribution in [0.15, 0.2) is 54.6 Å². The fourth-order valence-corrected chi connectivity index (χ4v) is 3.53. The van der Waals surface area contributed by atoms with Gasteiger partial charge >= 0.3 is 6.03 Å². The van der Waals surface area contributed by atoms with E-state index in [-0.39, 0.29) is 11.8 Å². The van der Waals surface area contributed by atoms with Crippen molar-refractivity contribution in [2.75, 3.05) is 11.9 Å². The number of aryl methyl sites for hydroxylation is 1. The number of aromatic nitrogens is 2. The molecule has 0 atom stereocenters. The fraction of sp³-hybridized carbons (Fsp3) is 0.273. The molecule has 3 aromatic rings. The van der Waals surface area contributed by atoms with Gasteiger partial charge < -0.3 is 15.0 Å². The SMILES string of the molecule is Cn1nc(COCc2ccccc2)c2c1CCN(C(=O)Nc1ccc(F)cc1)C2. The smallest absolute Gasteiger partial charge is 0.322 e. The van der Waals surface area contributed by atoms with E-state index < -0.39 is 0 Å². The summed E-state index contributed by atoms with van der Waals surface area (Å²) in [6.07, 6.45) is 0.731. The quantitative estimate of drug-likeness (QED) is 0.715. The predicted octanol–water partition coefficient (Wildman–Crippen LogP) is 3.87. The van der Waals surface area contributed by atoms with Crippen molar-refractivity contribution in [1.29, 1.82) is 0 Å². The summed E-state index contributed by atoms with van der Waals surface area (Å²) in [5, 5.41) is 7.42. The third-order valence-corrected chi connectivity index (χ3v) is 5.06. The van der Waals surface area contributed by atoms with Gasteiger partial charge in [0.1, 0.15) is 5.82 Å². The van der Waals surface area contributed by atoms with Crippen LogP contribution in [0.2, 0.25) is 0 Å². The second-order valence-corrected chi connectivity index (χ2v) is 7.08. The highest BCUT2D eigenvalue weighted by Gasteiger charge is 2.26. The van der Waals surface area contributed by atoms with Gasteiger partial charge in [-0.2, -0.15) is 5.10 Å². The van der Waals surface area contributed by atoms with Crippen molar-refractivity contribution in [3.05, 3.63) is 82.9 Å². The highest BCUT2D eigenvalue weighted by Crippen LogP contribution is 2.24. The van der Waals surface area contributed by atoms with E-state index in [1.165, 1.54) is 12.1 Å². The molecule has 0 saturated carbocycles. The monoisotopic (exact) mass is 394 g/mol. The molecule has 7 heteroatoms. The Morgan fingerprint density at radius 3 is 2.66 bits per heavy atom. The largest absolute Gasteiger partial charge is 0.370 e. The van der Waals surface area contributed by atoms with E-state index in [4.69, 9.17) is 4.74 Å². The lowest BCUT2D eigenvalue weighted by Crippen LogP contribution is -2.39. The first-order chi connectivity index (χ1) is 14.1. The molecule has 1 aromatic heterocycles. The molecule has 1 aliphatic rings. The van der Waals surface area contributed by atoms with Gasteiger partial charge in [-0.3, -0.25) is 4.68 Å². The molecule has 2 aromatic carbocycles. The molecule has 2 heterocycles. The summed E-state index contributed by atoms with van der Waals surface area (Å²) in [5.41, 5.74) is 4.71. The zero-order valence-electron chi connectivity index (χ0n) is 16.3. The number of urea groups is 1. The average molecular weight is 394 g/mol. The van der Waals surface area contributed by atoms with Crippen molar-refractivity contribution in [2.24, 2.45) is 7.05 Å². The standard InChI is InChI=1S/C22H23FN4O2/c1-26-21-11-12-27(22(28)24-18-9-7-17(23)8-10-18)13-19(21)20(25-26)15-29-14-16-5-3-2-4-6-16/h2-10H,11-15H2,1H3,(H,24,28). The third-order valence-electron chi connectivity index (χ3n) is 5.06. The van der Waals surface area contributed by atoms with Crippen molar-refractivity contribution in [3.8, 4) is 0 Å². The summed E-state index contributed by atoms with van der Waals surface area (Å²) in [5.74, 6) is -0.332. The predicted molar refractivity (Wildman–Crippen MR) is 108 cm³/mol. The minimum absolute atomic E-state index is 0.206. The molecular weight excluding hydrogens is 371 g/mol. The van der Waals surface area contributed by atoms with Crippen LogP contribution in [-0.4, -0.2) is 27.3 Å². The van der Waals surface area contributed by atoms with Crippen LogP contribution in [0.3, 0.4) is 0 Å². The summed E-state index contributed by atoms with van der Waals surface area (Å²) < 4.78 is 20.8. The average Bonchev–Trinajstić information content (AvgIpc) is 3.05. The Kier molecular flexibility index (Phi) is 5.57. The topological polar surface area (TPSA) is 59.4 Å². The van der Waals surface area contributed by atoms with E-state index in [2.05, 4.69) is 10.4 Å². The molecule has 0 spiro atoms. The maximum absolute atomic E-state index is 13.1. The number of benzene rings is 2. The Hall–Kier alpha value is -3.19. The Morgan fingerprint density at radius 1 is 1.14 bits per heavy atom. The number of ether oxygens (including phenoxy) is 1. The minimum atomic E-state index is -0.332. The first-order valence-electron chi connectivity index (χ1n) is 9.57.